The van der Waals surface area contributed by atoms with Crippen molar-refractivity contribution in [3.63, 3.8) is 0 Å². The monoisotopic (exact) mass is 1300 g/mol. The second-order valence-electron chi connectivity index (χ2n) is 25.4. The highest BCUT2D eigenvalue weighted by atomic mass is 35.5. The zero-order valence-corrected chi connectivity index (χ0v) is 57.1. The molecule has 4 amide bonds. The average molecular weight is 1300 g/mol. The normalized spacial score (nSPS) is 14.0. The minimum atomic E-state index is -1.22. The molecule has 0 fully saturated rings. The van der Waals surface area contributed by atoms with Crippen LogP contribution in [0.4, 0.5) is 21.0 Å². The third-order valence-electron chi connectivity index (χ3n) is 17.9. The quantitative estimate of drug-likeness (QED) is 0.0139. The van der Waals surface area contributed by atoms with Crippen molar-refractivity contribution in [3.05, 3.63) is 276 Å². The topological polar surface area (TPSA) is 141 Å². The van der Waals surface area contributed by atoms with Gasteiger partial charge < -0.3 is 35.6 Å². The van der Waals surface area contributed by atoms with E-state index in [9.17, 15) is 19.2 Å². The van der Waals surface area contributed by atoms with Crippen LogP contribution < -0.4 is 48.0 Å². The van der Waals surface area contributed by atoms with Crippen LogP contribution in [0.15, 0.2) is 271 Å². The van der Waals surface area contributed by atoms with E-state index in [1.54, 1.807) is 13.8 Å². The largest absolute Gasteiger partial charge is 0.460 e. The first kappa shape index (κ1) is 70.3. The molecule has 0 unspecified atom stereocenters. The Labute approximate surface area is 572 Å². The van der Waals surface area contributed by atoms with E-state index in [0.29, 0.717) is 50.2 Å². The summed E-state index contributed by atoms with van der Waals surface area (Å²) in [5, 5.41) is 16.9. The van der Waals surface area contributed by atoms with E-state index in [2.05, 4.69) is 290 Å². The molecule has 4 N–H and O–H groups in total. The van der Waals surface area contributed by atoms with Crippen LogP contribution in [0, 0.1) is 5.92 Å². The van der Waals surface area contributed by atoms with Crippen molar-refractivity contribution in [2.24, 2.45) is 5.92 Å². The number of hydrogen-bond donors (Lipinski definition) is 4. The summed E-state index contributed by atoms with van der Waals surface area (Å²) in [5.41, 5.74) is 13.6. The Hall–Kier alpha value is -9.98. The molecule has 0 radical (unpaired) electrons. The van der Waals surface area contributed by atoms with Gasteiger partial charge in [-0.25, -0.2) is 19.2 Å². The van der Waals surface area contributed by atoms with Crippen LogP contribution in [0.1, 0.15) is 79.2 Å². The van der Waals surface area contributed by atoms with Gasteiger partial charge in [0.05, 0.1) is 18.5 Å². The van der Waals surface area contributed by atoms with Gasteiger partial charge >= 0.3 is 24.0 Å². The van der Waals surface area contributed by atoms with Crippen molar-refractivity contribution >= 4 is 102 Å². The second-order valence-corrected chi connectivity index (χ2v) is 25.8. The summed E-state index contributed by atoms with van der Waals surface area (Å²) in [7, 11) is 0. The van der Waals surface area contributed by atoms with Gasteiger partial charge in [-0.2, -0.15) is 26.4 Å². The predicted molar refractivity (Wildman–Crippen MR) is 399 cm³/mol. The zero-order chi connectivity index (χ0) is 68.0. The molecule has 2 aliphatic rings. The first-order valence-corrected chi connectivity index (χ1v) is 33.8. The lowest BCUT2D eigenvalue weighted by molar-refractivity contribution is -0.437. The molecular formula is C82H90BClN6O6. The molecule has 0 saturated heterocycles. The summed E-state index contributed by atoms with van der Waals surface area (Å²) < 4.78 is 12.6. The number of allylic oxidation sites excluding steroid dienone is 8. The van der Waals surface area contributed by atoms with Crippen LogP contribution in [0.5, 0.6) is 0 Å². The van der Waals surface area contributed by atoms with Crippen LogP contribution in [0.3, 0.4) is 0 Å². The molecule has 0 atom stereocenters. The third-order valence-corrected chi connectivity index (χ3v) is 18.4. The van der Waals surface area contributed by atoms with Crippen LogP contribution >= 0.6 is 11.6 Å². The molecule has 0 bridgehead atoms. The van der Waals surface area contributed by atoms with E-state index in [1.165, 1.54) is 38.2 Å². The molecule has 494 valence electrons. The first-order valence-electron chi connectivity index (χ1n) is 33.5. The molecule has 14 heteroatoms. The number of urea groups is 2. The SMILES string of the molecule is C=C(C)C(=O)OCCNC(=O)NCCCN(C(=CC=C1CCCC(C=CC2=[N+](CCCNC(=O)NCCOC(=O)C(=C)C)c3ccc4ccccc4c3C2(C)C)=C1Cl)C(C)C)c1ccc2ccccc2c1.c1ccc([B-](c2ccccc2)(c2ccccc2)c2ccccc2)cc1. The number of esters is 2. The molecule has 8 aromatic carbocycles. The number of nitrogens with one attached hydrogen (secondary N) is 4. The number of carbonyl (C=O) groups excluding carboxylic acids is 4. The van der Waals surface area contributed by atoms with Crippen LogP contribution in [0.2, 0.25) is 0 Å². The fourth-order valence-corrected chi connectivity index (χ4v) is 13.5. The van der Waals surface area contributed by atoms with Crippen LogP contribution in [-0.2, 0) is 24.5 Å². The first-order chi connectivity index (χ1) is 46.5. The number of halogens is 1. The molecular weight excluding hydrogens is 1210 g/mol. The van der Waals surface area contributed by atoms with Gasteiger partial charge in [-0.05, 0) is 116 Å². The zero-order valence-electron chi connectivity index (χ0n) is 56.3. The molecule has 0 aromatic heterocycles. The number of ether oxygens (including phenoxy) is 2. The van der Waals surface area contributed by atoms with Gasteiger partial charge in [0.25, 0.3) is 0 Å². The smallest absolute Gasteiger partial charge is 0.333 e. The number of anilines is 1. The van der Waals surface area contributed by atoms with E-state index in [0.717, 1.165) is 69.0 Å². The van der Waals surface area contributed by atoms with Gasteiger partial charge in [0, 0.05) is 71.3 Å². The predicted octanol–water partition coefficient (Wildman–Crippen LogP) is 14.3. The maximum Gasteiger partial charge on any atom is 0.333 e. The molecule has 0 spiro atoms. The maximum absolute atomic E-state index is 12.6. The number of amides is 4. The van der Waals surface area contributed by atoms with E-state index >= 15 is 0 Å². The molecule has 12 nitrogen and oxygen atoms in total. The summed E-state index contributed by atoms with van der Waals surface area (Å²) in [6.07, 6.45) is 11.7. The molecule has 8 aromatic rings. The Bertz CT molecular complexity index is 4060. The Morgan fingerprint density at radius 3 is 1.60 bits per heavy atom. The van der Waals surface area contributed by atoms with Crippen molar-refractivity contribution in [3.8, 4) is 0 Å². The minimum Gasteiger partial charge on any atom is -0.460 e. The van der Waals surface area contributed by atoms with Gasteiger partial charge in [0.1, 0.15) is 19.4 Å². The fourth-order valence-electron chi connectivity index (χ4n) is 13.2. The van der Waals surface area contributed by atoms with E-state index < -0.39 is 18.1 Å². The number of carbonyl (C=O) groups is 4. The molecule has 0 saturated carbocycles. The lowest BCUT2D eigenvalue weighted by atomic mass is 9.13. The van der Waals surface area contributed by atoms with Crippen molar-refractivity contribution < 1.29 is 33.2 Å². The molecule has 1 aliphatic heterocycles. The Morgan fingerprint density at radius 2 is 1.07 bits per heavy atom. The van der Waals surface area contributed by atoms with Crippen molar-refractivity contribution in [2.45, 2.75) is 79.1 Å². The summed E-state index contributed by atoms with van der Waals surface area (Å²) >= 11 is 7.39. The van der Waals surface area contributed by atoms with Gasteiger partial charge in [0.2, 0.25) is 5.69 Å². The summed E-state index contributed by atoms with van der Waals surface area (Å²) in [6, 6.07) is 70.7. The lowest BCUT2D eigenvalue weighted by Gasteiger charge is -2.44. The van der Waals surface area contributed by atoms with Crippen molar-refractivity contribution in [1.82, 2.24) is 21.3 Å². The van der Waals surface area contributed by atoms with Gasteiger partial charge in [-0.1, -0.05) is 227 Å². The van der Waals surface area contributed by atoms with Crippen molar-refractivity contribution in [2.75, 3.05) is 57.4 Å². The van der Waals surface area contributed by atoms with E-state index in [-0.39, 0.29) is 49.7 Å². The highest BCUT2D eigenvalue weighted by Crippen LogP contribution is 2.45. The molecule has 1 heterocycles. The highest BCUT2D eigenvalue weighted by Gasteiger charge is 2.45. The van der Waals surface area contributed by atoms with E-state index in [1.807, 2.05) is 6.07 Å². The summed E-state index contributed by atoms with van der Waals surface area (Å²) in [4.78, 5) is 50.9. The number of fused-ring (bicyclic) bond motifs is 4. The number of nitrogens with zero attached hydrogens (tertiary/aromatic N) is 2. The number of benzene rings is 8. The molecule has 1 aliphatic carbocycles. The standard InChI is InChI=1S/C58H69ClN6O6.C24H20B/c1-39(2)49(64(47-26-22-42-16-9-10-18-46(42)38-47)34-14-30-60-56(68)62-32-36-70-54(66)40(3)4)27-24-44-19-13-20-45(53(44)59)25-29-51-58(7,8)52-48-21-12-11-17-43(48)23-28-50(52)65(51)35-15-31-61-57(69)63-33-37-71-55(67)41(5)6;1-5-13-21(14-6-1)25(22-15-7-2-8-16-22,23-17-9-3-10-18-23)24-19-11-4-12-20-24/h9-12,16-18,21-29,38-39H,3,5,13-15,19-20,30-37H2,1-2,4,6-8H3,(H3-,60,61,62,63,68,69);1-20H/q;-1/p+1. The number of rotatable bonds is 26. The highest BCUT2D eigenvalue weighted by molar-refractivity contribution is 7.19. The van der Waals surface area contributed by atoms with Gasteiger partial charge in [-0.15, -0.1) is 0 Å². The maximum atomic E-state index is 12.6. The Balaban J connectivity index is 0.000000357. The Morgan fingerprint density at radius 1 is 0.594 bits per heavy atom. The Kier molecular flexibility index (Phi) is 24.9. The minimum absolute atomic E-state index is 0.0662. The van der Waals surface area contributed by atoms with Gasteiger partial charge in [-0.3, -0.25) is 0 Å². The fraction of sp³-hybridized carbons (Fsp3) is 0.256. The lowest BCUT2D eigenvalue weighted by Crippen LogP contribution is -2.74. The molecule has 10 rings (SSSR count). The third kappa shape index (κ3) is 17.5. The molecule has 96 heavy (non-hydrogen) atoms. The van der Waals surface area contributed by atoms with Crippen molar-refractivity contribution in [1.29, 1.82) is 0 Å². The van der Waals surface area contributed by atoms with Crippen LogP contribution in [0.25, 0.3) is 21.5 Å². The van der Waals surface area contributed by atoms with E-state index in [4.69, 9.17) is 21.1 Å². The van der Waals surface area contributed by atoms with Crippen LogP contribution in [-0.4, -0.2) is 92.9 Å². The van der Waals surface area contributed by atoms with Gasteiger partial charge in [0.15, 0.2) is 12.3 Å². The second kappa shape index (κ2) is 33.9. The average Bonchev–Trinajstić information content (AvgIpc) is 1.41. The summed E-state index contributed by atoms with van der Waals surface area (Å²) in [6.45, 7) is 22.0. The summed E-state index contributed by atoms with van der Waals surface area (Å²) in [5.74, 6) is -0.803. The number of hydrogen-bond acceptors (Lipinski definition) is 7.